The van der Waals surface area contributed by atoms with Crippen LogP contribution in [0.25, 0.3) is 11.4 Å². The van der Waals surface area contributed by atoms with Gasteiger partial charge < -0.3 is 0 Å². The van der Waals surface area contributed by atoms with Gasteiger partial charge in [-0.15, -0.1) is 0 Å². The molecule has 23 heavy (non-hydrogen) atoms. The predicted octanol–water partition coefficient (Wildman–Crippen LogP) is 4.63. The van der Waals surface area contributed by atoms with E-state index in [9.17, 15) is 4.79 Å². The van der Waals surface area contributed by atoms with Crippen molar-refractivity contribution in [3.05, 3.63) is 70.7 Å². The van der Waals surface area contributed by atoms with Crippen LogP contribution in [0.1, 0.15) is 34.8 Å². The molecule has 0 bridgehead atoms. The molecule has 0 radical (unpaired) electrons. The van der Waals surface area contributed by atoms with Gasteiger partial charge in [0, 0.05) is 11.1 Å². The van der Waals surface area contributed by atoms with Gasteiger partial charge >= 0.3 is 0 Å². The van der Waals surface area contributed by atoms with Crippen LogP contribution in [0.15, 0.2) is 54.6 Å². The number of hydrogen-bond acceptors (Lipinski definition) is 4. The van der Waals surface area contributed by atoms with Gasteiger partial charge in [-0.1, -0.05) is 68.4 Å². The lowest BCUT2D eigenvalue weighted by atomic mass is 10.0. The molecule has 1 aromatic heterocycles. The highest BCUT2D eigenvalue weighted by Crippen LogP contribution is 2.20. The Morgan fingerprint density at radius 2 is 1.74 bits per heavy atom. The molecule has 0 unspecified atom stereocenters. The average molecular weight is 322 g/mol. The van der Waals surface area contributed by atoms with Gasteiger partial charge in [-0.3, -0.25) is 4.79 Å². The molecule has 0 atom stereocenters. The van der Waals surface area contributed by atoms with Crippen molar-refractivity contribution in [2.45, 2.75) is 20.3 Å². The summed E-state index contributed by atoms with van der Waals surface area (Å²) in [6, 6.07) is 17.5. The first-order valence-electron chi connectivity index (χ1n) is 7.66. The Labute approximate surface area is 140 Å². The lowest BCUT2D eigenvalue weighted by Crippen LogP contribution is -2.01. The van der Waals surface area contributed by atoms with Crippen LogP contribution in [0.5, 0.6) is 0 Å². The van der Waals surface area contributed by atoms with Gasteiger partial charge in [0.05, 0.1) is 0 Å². The van der Waals surface area contributed by atoms with Crippen molar-refractivity contribution in [1.29, 1.82) is 0 Å². The zero-order valence-corrected chi connectivity index (χ0v) is 14.0. The second-order valence-electron chi connectivity index (χ2n) is 5.91. The highest BCUT2D eigenvalue weighted by molar-refractivity contribution is 7.08. The van der Waals surface area contributed by atoms with Gasteiger partial charge in [-0.25, -0.2) is 4.98 Å². The van der Waals surface area contributed by atoms with Gasteiger partial charge in [0.2, 0.25) is 5.78 Å². The highest BCUT2D eigenvalue weighted by Gasteiger charge is 2.15. The summed E-state index contributed by atoms with van der Waals surface area (Å²) in [6.45, 7) is 4.37. The van der Waals surface area contributed by atoms with E-state index in [0.29, 0.717) is 22.3 Å². The molecule has 0 N–H and O–H groups in total. The van der Waals surface area contributed by atoms with Crippen LogP contribution in [0.4, 0.5) is 0 Å². The molecular formula is C19H18N2OS. The third-order valence-corrected chi connectivity index (χ3v) is 4.23. The Balaban J connectivity index is 1.79. The summed E-state index contributed by atoms with van der Waals surface area (Å²) >= 11 is 1.15. The molecule has 116 valence electrons. The molecule has 0 saturated carbocycles. The average Bonchev–Trinajstić information content (AvgIpc) is 3.05. The lowest BCUT2D eigenvalue weighted by Gasteiger charge is -2.05. The van der Waals surface area contributed by atoms with E-state index in [2.05, 4.69) is 23.2 Å². The zero-order valence-electron chi connectivity index (χ0n) is 13.2. The normalized spacial score (nSPS) is 10.9. The molecule has 0 aliphatic carbocycles. The van der Waals surface area contributed by atoms with Crippen LogP contribution in [0, 0.1) is 5.92 Å². The van der Waals surface area contributed by atoms with Crippen molar-refractivity contribution in [2.24, 2.45) is 5.92 Å². The van der Waals surface area contributed by atoms with Crippen molar-refractivity contribution in [3.8, 4) is 11.4 Å². The van der Waals surface area contributed by atoms with Gasteiger partial charge in [0.15, 0.2) is 10.8 Å². The molecule has 1 heterocycles. The number of benzene rings is 2. The number of carbonyl (C=O) groups excluding carboxylic acids is 1. The number of hydrogen-bond donors (Lipinski definition) is 0. The Bertz CT molecular complexity index is 792. The SMILES string of the molecule is CC(C)Cc1ccc(C(=O)c2nc(-c3ccccc3)ns2)cc1. The summed E-state index contributed by atoms with van der Waals surface area (Å²) in [5.41, 5.74) is 2.84. The fraction of sp³-hybridized carbons (Fsp3) is 0.211. The monoisotopic (exact) mass is 322 g/mol. The highest BCUT2D eigenvalue weighted by atomic mass is 32.1. The van der Waals surface area contributed by atoms with Gasteiger partial charge in [-0.2, -0.15) is 4.37 Å². The largest absolute Gasteiger partial charge is 0.286 e. The summed E-state index contributed by atoms with van der Waals surface area (Å²) in [6.07, 6.45) is 1.02. The molecule has 4 heteroatoms. The minimum Gasteiger partial charge on any atom is -0.286 e. The molecule has 0 fully saturated rings. The van der Waals surface area contributed by atoms with Crippen molar-refractivity contribution in [2.75, 3.05) is 0 Å². The summed E-state index contributed by atoms with van der Waals surface area (Å²) < 4.78 is 4.30. The Morgan fingerprint density at radius 1 is 1.04 bits per heavy atom. The van der Waals surface area contributed by atoms with E-state index in [4.69, 9.17) is 0 Å². The lowest BCUT2D eigenvalue weighted by molar-refractivity contribution is 0.103. The first-order valence-corrected chi connectivity index (χ1v) is 8.43. The van der Waals surface area contributed by atoms with Gasteiger partial charge in [0.25, 0.3) is 0 Å². The van der Waals surface area contributed by atoms with Gasteiger partial charge in [0.1, 0.15) is 0 Å². The zero-order chi connectivity index (χ0) is 16.2. The van der Waals surface area contributed by atoms with E-state index in [0.717, 1.165) is 23.5 Å². The maximum atomic E-state index is 12.5. The van der Waals surface area contributed by atoms with E-state index < -0.39 is 0 Å². The van der Waals surface area contributed by atoms with Crippen LogP contribution in [0.2, 0.25) is 0 Å². The molecule has 3 rings (SSSR count). The van der Waals surface area contributed by atoms with E-state index in [1.54, 1.807) is 0 Å². The maximum absolute atomic E-state index is 12.5. The second-order valence-corrected chi connectivity index (χ2v) is 6.67. The molecule has 3 aromatic rings. The number of carbonyl (C=O) groups is 1. The Kier molecular flexibility index (Phi) is 4.63. The van der Waals surface area contributed by atoms with Crippen molar-refractivity contribution in [1.82, 2.24) is 9.36 Å². The summed E-state index contributed by atoms with van der Waals surface area (Å²) in [4.78, 5) is 16.9. The third kappa shape index (κ3) is 3.71. The van der Waals surface area contributed by atoms with E-state index in [1.807, 2.05) is 54.6 Å². The molecule has 3 nitrogen and oxygen atoms in total. The van der Waals surface area contributed by atoms with Crippen LogP contribution in [-0.2, 0) is 6.42 Å². The molecular weight excluding hydrogens is 304 g/mol. The summed E-state index contributed by atoms with van der Waals surface area (Å²) in [5, 5.41) is 0.431. The standard InChI is InChI=1S/C19H18N2OS/c1-13(2)12-14-8-10-15(11-9-14)17(22)19-20-18(21-23-19)16-6-4-3-5-7-16/h3-11,13H,12H2,1-2H3. The fourth-order valence-electron chi connectivity index (χ4n) is 2.41. The second kappa shape index (κ2) is 6.84. The predicted molar refractivity (Wildman–Crippen MR) is 93.8 cm³/mol. The van der Waals surface area contributed by atoms with E-state index in [1.165, 1.54) is 5.56 Å². The molecule has 0 amide bonds. The first kappa shape index (κ1) is 15.6. The number of nitrogens with zero attached hydrogens (tertiary/aromatic N) is 2. The van der Waals surface area contributed by atoms with Crippen molar-refractivity contribution in [3.63, 3.8) is 0 Å². The summed E-state index contributed by atoms with van der Waals surface area (Å²) in [7, 11) is 0. The van der Waals surface area contributed by atoms with Crippen LogP contribution in [-0.4, -0.2) is 15.1 Å². The molecule has 0 saturated heterocycles. The molecule has 2 aromatic carbocycles. The summed E-state index contributed by atoms with van der Waals surface area (Å²) in [5.74, 6) is 1.14. The Morgan fingerprint density at radius 3 is 2.39 bits per heavy atom. The van der Waals surface area contributed by atoms with Crippen LogP contribution in [0.3, 0.4) is 0 Å². The Hall–Kier alpha value is -2.33. The van der Waals surface area contributed by atoms with Crippen LogP contribution < -0.4 is 0 Å². The topological polar surface area (TPSA) is 42.9 Å². The van der Waals surface area contributed by atoms with Crippen molar-refractivity contribution < 1.29 is 4.79 Å². The molecule has 0 aliphatic rings. The quantitative estimate of drug-likeness (QED) is 0.643. The molecule has 0 spiro atoms. The van der Waals surface area contributed by atoms with Gasteiger partial charge in [-0.05, 0) is 29.4 Å². The molecule has 0 aliphatic heterocycles. The van der Waals surface area contributed by atoms with E-state index in [-0.39, 0.29) is 5.78 Å². The van der Waals surface area contributed by atoms with Crippen molar-refractivity contribution >= 4 is 17.3 Å². The third-order valence-electron chi connectivity index (χ3n) is 3.51. The number of ketones is 1. The minimum absolute atomic E-state index is 0.0687. The van der Waals surface area contributed by atoms with Crippen LogP contribution >= 0.6 is 11.5 Å². The maximum Gasteiger partial charge on any atom is 0.223 e. The number of rotatable bonds is 5. The number of aromatic nitrogens is 2. The smallest absolute Gasteiger partial charge is 0.223 e. The van der Waals surface area contributed by atoms with E-state index >= 15 is 0 Å². The minimum atomic E-state index is -0.0687. The first-order chi connectivity index (χ1) is 11.1. The fourth-order valence-corrected chi connectivity index (χ4v) is 3.05.